The number of fused-ring (bicyclic) bond motifs is 5. The number of ketones is 1. The number of aliphatic hydroxyl groups excluding tert-OH is 1. The van der Waals surface area contributed by atoms with Crippen molar-refractivity contribution >= 4 is 41.4 Å². The molecular weight excluding hydrogens is 1270 g/mol. The molecule has 17 heteroatoms. The summed E-state index contributed by atoms with van der Waals surface area (Å²) in [6.45, 7) is 7.16. The van der Waals surface area contributed by atoms with E-state index in [2.05, 4.69) is 5.32 Å². The Labute approximate surface area is 448 Å². The number of nitrogens with one attached hydrogen (secondary N) is 1. The molecule has 14 nitrogen and oxygen atoms in total. The summed E-state index contributed by atoms with van der Waals surface area (Å²) >= 11 is 1.36. The van der Waals surface area contributed by atoms with E-state index in [4.69, 9.17) is 23.7 Å². The molecule has 1 aliphatic heterocycles. The number of benzene rings is 3. The quantitative estimate of drug-likeness (QED) is 0.0854. The molecule has 2 saturated carbocycles. The zero-order valence-corrected chi connectivity index (χ0v) is 46.9. The third-order valence-electron chi connectivity index (χ3n) is 13.5. The van der Waals surface area contributed by atoms with E-state index in [9.17, 15) is 34.5 Å². The molecule has 3 fully saturated rings. The van der Waals surface area contributed by atoms with Crippen molar-refractivity contribution in [1.82, 2.24) is 5.32 Å². The van der Waals surface area contributed by atoms with Gasteiger partial charge in [-0.05, 0) is 61.1 Å². The van der Waals surface area contributed by atoms with Crippen molar-refractivity contribution in [1.29, 1.82) is 0 Å². The molecule has 1 amide bonds. The molecule has 2 radical (unpaired) electrons. The normalized spacial score (nSPS) is 31.0. The van der Waals surface area contributed by atoms with Gasteiger partial charge in [-0.2, -0.15) is 0 Å². The molecule has 3 aromatic rings. The van der Waals surface area contributed by atoms with Gasteiger partial charge in [0.25, 0.3) is 5.91 Å². The molecule has 1 saturated heterocycles. The Bertz CT molecular complexity index is 2230. The third-order valence-corrected chi connectivity index (χ3v) is 13.9. The summed E-state index contributed by atoms with van der Waals surface area (Å²) < 4.78 is 30.5. The van der Waals surface area contributed by atoms with Gasteiger partial charge in [-0.15, -0.1) is 11.8 Å². The second-order valence-electron chi connectivity index (χ2n) is 17.3. The number of hydrogen-bond acceptors (Lipinski definition) is 14. The van der Waals surface area contributed by atoms with Crippen LogP contribution < -0.4 is 5.32 Å². The number of rotatable bonds is 12. The Hall–Kier alpha value is -2.02. The first-order valence-corrected chi connectivity index (χ1v) is 21.9. The molecule has 10 unspecified atom stereocenters. The van der Waals surface area contributed by atoms with Crippen LogP contribution in [0, 0.1) is 105 Å². The molecule has 2 bridgehead atoms. The molecule has 1 heterocycles. The SMILES string of the molecule is CSCOC1CC2OCC2(O)C2C(OC(=O)c3ccccc3)C3(O)CC(OC(=O)C(OC(C)=O)C(NC(=O)c4ccccc4)c4ccccc4)C(C)=C(C(O)C(=O)[C@]12C)C3(C)C.[Ac].[Ac]. The summed E-state index contributed by atoms with van der Waals surface area (Å²) in [5.74, 6) is -5.45. The first-order valence-electron chi connectivity index (χ1n) is 20.5. The Morgan fingerprint density at radius 3 is 2.02 bits per heavy atom. The fraction of sp³-hybridized carbons (Fsp3) is 0.468. The van der Waals surface area contributed by atoms with E-state index in [0.717, 1.165) is 6.92 Å². The van der Waals surface area contributed by atoms with Gasteiger partial charge in [-0.1, -0.05) is 80.6 Å². The van der Waals surface area contributed by atoms with E-state index in [-0.39, 0.29) is 129 Å². The van der Waals surface area contributed by atoms with E-state index in [1.807, 2.05) is 6.26 Å². The van der Waals surface area contributed by atoms with E-state index in [0.29, 0.717) is 5.56 Å². The van der Waals surface area contributed by atoms with E-state index >= 15 is 4.79 Å². The fourth-order valence-electron chi connectivity index (χ4n) is 10.2. The van der Waals surface area contributed by atoms with Gasteiger partial charge in [0, 0.05) is 125 Å². The average molecular weight is 1330 g/mol. The van der Waals surface area contributed by atoms with Crippen LogP contribution >= 0.6 is 11.8 Å². The van der Waals surface area contributed by atoms with Gasteiger partial charge in [0.2, 0.25) is 6.10 Å². The Kier molecular flexibility index (Phi) is 17.5. The molecule has 336 valence electrons. The van der Waals surface area contributed by atoms with Crippen molar-refractivity contribution in [3.05, 3.63) is 119 Å². The molecule has 4 aliphatic rings. The van der Waals surface area contributed by atoms with Gasteiger partial charge < -0.3 is 44.3 Å². The Morgan fingerprint density at radius 1 is 0.891 bits per heavy atom. The number of amides is 1. The maximum Gasteiger partial charge on any atom is 0.350 e. The third kappa shape index (κ3) is 9.53. The molecule has 7 rings (SSSR count). The van der Waals surface area contributed by atoms with Crippen LogP contribution in [0.5, 0.6) is 0 Å². The van der Waals surface area contributed by atoms with Crippen LogP contribution in [0.2, 0.25) is 0 Å². The summed E-state index contributed by atoms with van der Waals surface area (Å²) in [5.41, 5.74) is -6.48. The molecule has 64 heavy (non-hydrogen) atoms. The zero-order chi connectivity index (χ0) is 44.8. The van der Waals surface area contributed by atoms with Gasteiger partial charge in [0.05, 0.1) is 35.7 Å². The predicted octanol–water partition coefficient (Wildman–Crippen LogP) is 4.51. The Morgan fingerprint density at radius 2 is 1.47 bits per heavy atom. The summed E-state index contributed by atoms with van der Waals surface area (Å²) in [7, 11) is 0. The van der Waals surface area contributed by atoms with E-state index < -0.39 is 107 Å². The van der Waals surface area contributed by atoms with Crippen molar-refractivity contribution in [2.45, 2.75) is 101 Å². The number of esters is 3. The molecule has 0 spiro atoms. The van der Waals surface area contributed by atoms with Crippen molar-refractivity contribution in [3.63, 3.8) is 0 Å². The van der Waals surface area contributed by atoms with Crippen LogP contribution in [0.15, 0.2) is 102 Å². The van der Waals surface area contributed by atoms with Crippen molar-refractivity contribution in [2.75, 3.05) is 18.8 Å². The predicted molar refractivity (Wildman–Crippen MR) is 225 cm³/mol. The molecule has 3 aliphatic carbocycles. The number of carbonyl (C=O) groups is 5. The first kappa shape index (κ1) is 52.9. The van der Waals surface area contributed by atoms with Crippen LogP contribution in [-0.2, 0) is 38.1 Å². The summed E-state index contributed by atoms with van der Waals surface area (Å²) in [6, 6.07) is 23.4. The largest absolute Gasteiger partial charge is 0.455 e. The van der Waals surface area contributed by atoms with Gasteiger partial charge >= 0.3 is 17.9 Å². The van der Waals surface area contributed by atoms with Crippen LogP contribution in [0.25, 0.3) is 0 Å². The average Bonchev–Trinajstić information content (AvgIpc) is 3.25. The van der Waals surface area contributed by atoms with Crippen molar-refractivity contribution in [2.24, 2.45) is 16.7 Å². The standard InChI is InChI=1S/C47H53NO13S.2Ac/c1-26-31(60-43(54)37(59-27(2)49)35(28-16-10-7-11-17-28)48-41(52)29-18-12-8-13-19-29)23-47(56)40(61-42(53)30-20-14-9-15-21-30)38-45(5,39(51)36(50)34(26)44(47,3)4)32(58-25-62-6)22-33-46(38,55)24-57-33;;/h7-21,31-33,35-38,40,50,55-56H,22-25H2,1-6H3,(H,48,52);;/t31?,32?,33?,35?,36?,37?,38?,40?,45-,46?,47?;;/m1../s1. The minimum Gasteiger partial charge on any atom is -0.455 e. The van der Waals surface area contributed by atoms with Gasteiger partial charge in [0.1, 0.15) is 35.6 Å². The number of aliphatic hydroxyl groups is 3. The van der Waals surface area contributed by atoms with E-state index in [1.54, 1.807) is 107 Å². The number of thioether (sulfide) groups is 1. The van der Waals surface area contributed by atoms with Crippen LogP contribution in [0.4, 0.5) is 0 Å². The molecule has 0 aromatic heterocycles. The maximum atomic E-state index is 15.3. The monoisotopic (exact) mass is 1330 g/mol. The second-order valence-corrected chi connectivity index (χ2v) is 18.2. The fourth-order valence-corrected chi connectivity index (χ4v) is 10.5. The topological polar surface area (TPSA) is 204 Å². The molecular formula is C47H53Ac2NO13S. The van der Waals surface area contributed by atoms with Crippen molar-refractivity contribution < 1.29 is 151 Å². The number of Topliss-reactive ketones (excluding diaryl/α,β-unsaturated/α-hetero) is 1. The number of carbonyl (C=O) groups excluding carboxylic acids is 5. The van der Waals surface area contributed by atoms with Gasteiger partial charge in [-0.25, -0.2) is 9.59 Å². The molecule has 4 N–H and O–H groups in total. The zero-order valence-electron chi connectivity index (χ0n) is 36.6. The molecule has 11 atom stereocenters. The van der Waals surface area contributed by atoms with Crippen LogP contribution in [0.1, 0.15) is 79.8 Å². The number of ether oxygens (including phenoxy) is 5. The van der Waals surface area contributed by atoms with Crippen LogP contribution in [0.3, 0.4) is 0 Å². The van der Waals surface area contributed by atoms with Gasteiger partial charge in [0.15, 0.2) is 5.78 Å². The smallest absolute Gasteiger partial charge is 0.350 e. The van der Waals surface area contributed by atoms with Crippen LogP contribution in [-0.4, -0.2) is 112 Å². The number of hydrogen-bond donors (Lipinski definition) is 4. The minimum absolute atomic E-state index is 0. The van der Waals surface area contributed by atoms with Gasteiger partial charge in [-0.3, -0.25) is 14.4 Å². The van der Waals surface area contributed by atoms with E-state index in [1.165, 1.54) is 23.9 Å². The second kappa shape index (κ2) is 21.1. The summed E-state index contributed by atoms with van der Waals surface area (Å²) in [5, 5.41) is 41.5. The van der Waals surface area contributed by atoms with Crippen molar-refractivity contribution in [3.8, 4) is 0 Å². The minimum atomic E-state index is -2.29. The maximum absolute atomic E-state index is 15.3. The summed E-state index contributed by atoms with van der Waals surface area (Å²) in [6.07, 6.45) is -7.29. The molecule has 3 aromatic carbocycles. The first-order chi connectivity index (χ1) is 29.4. The Balaban J connectivity index is 0.00000385. The summed E-state index contributed by atoms with van der Waals surface area (Å²) in [4.78, 5) is 70.5.